The van der Waals surface area contributed by atoms with Gasteiger partial charge >= 0.3 is 6.09 Å². The number of carbonyl (C=O) groups excluding carboxylic acids is 1. The molecule has 0 unspecified atom stereocenters. The number of hydrogen-bond acceptors (Lipinski definition) is 2. The Labute approximate surface area is 89.4 Å². The first-order chi connectivity index (χ1) is 6.81. The minimum atomic E-state index is -0.164. The van der Waals surface area contributed by atoms with Crippen molar-refractivity contribution in [1.82, 2.24) is 4.90 Å². The summed E-state index contributed by atoms with van der Waals surface area (Å²) >= 11 is 5.67. The van der Waals surface area contributed by atoms with Crippen LogP contribution in [0.5, 0.6) is 0 Å². The molecule has 1 saturated heterocycles. The molecule has 1 saturated carbocycles. The fraction of sp³-hybridized carbons (Fsp3) is 0.900. The third-order valence-electron chi connectivity index (χ3n) is 3.09. The van der Waals surface area contributed by atoms with Crippen LogP contribution < -0.4 is 0 Å². The average Bonchev–Trinajstić information content (AvgIpc) is 2.61. The van der Waals surface area contributed by atoms with Gasteiger partial charge in [0.1, 0.15) is 6.10 Å². The Balaban J connectivity index is 1.93. The van der Waals surface area contributed by atoms with Crippen LogP contribution in [0.1, 0.15) is 32.1 Å². The molecule has 3 nitrogen and oxygen atoms in total. The molecule has 0 bridgehead atoms. The fourth-order valence-corrected chi connectivity index (χ4v) is 2.47. The van der Waals surface area contributed by atoms with Crippen molar-refractivity contribution in [3.63, 3.8) is 0 Å². The van der Waals surface area contributed by atoms with Crippen molar-refractivity contribution in [2.24, 2.45) is 0 Å². The fourth-order valence-electron chi connectivity index (χ4n) is 2.31. The molecule has 1 amide bonds. The van der Waals surface area contributed by atoms with Crippen LogP contribution >= 0.6 is 11.6 Å². The molecule has 80 valence electrons. The Kier molecular flexibility index (Phi) is 3.16. The SMILES string of the molecule is O=C1O[C@H](CCl)CN1C1CCCCC1. The van der Waals surface area contributed by atoms with Crippen molar-refractivity contribution in [2.45, 2.75) is 44.2 Å². The summed E-state index contributed by atoms with van der Waals surface area (Å²) in [4.78, 5) is 13.4. The number of cyclic esters (lactones) is 1. The number of alkyl halides is 1. The Hall–Kier alpha value is -0.440. The van der Waals surface area contributed by atoms with Gasteiger partial charge in [-0.1, -0.05) is 19.3 Å². The lowest BCUT2D eigenvalue weighted by Crippen LogP contribution is -2.37. The quantitative estimate of drug-likeness (QED) is 0.665. The summed E-state index contributed by atoms with van der Waals surface area (Å²) in [5, 5.41) is 0. The molecule has 0 radical (unpaired) electrons. The van der Waals surface area contributed by atoms with E-state index < -0.39 is 0 Å². The lowest BCUT2D eigenvalue weighted by atomic mass is 9.94. The van der Waals surface area contributed by atoms with Gasteiger partial charge in [0.25, 0.3) is 0 Å². The molecular weight excluding hydrogens is 202 g/mol. The zero-order valence-corrected chi connectivity index (χ0v) is 9.00. The first-order valence-electron chi connectivity index (χ1n) is 5.34. The number of ether oxygens (including phenoxy) is 1. The Morgan fingerprint density at radius 3 is 2.64 bits per heavy atom. The molecule has 0 aromatic rings. The highest BCUT2D eigenvalue weighted by atomic mass is 35.5. The molecule has 1 heterocycles. The highest BCUT2D eigenvalue weighted by Crippen LogP contribution is 2.26. The maximum Gasteiger partial charge on any atom is 0.410 e. The lowest BCUT2D eigenvalue weighted by Gasteiger charge is -2.28. The molecule has 0 aromatic carbocycles. The summed E-state index contributed by atoms with van der Waals surface area (Å²) in [6.07, 6.45) is 5.78. The summed E-state index contributed by atoms with van der Waals surface area (Å²) in [6.45, 7) is 0.688. The number of rotatable bonds is 2. The topological polar surface area (TPSA) is 29.5 Å². The molecule has 0 aromatic heterocycles. The molecule has 2 fully saturated rings. The van der Waals surface area contributed by atoms with Gasteiger partial charge < -0.3 is 9.64 Å². The van der Waals surface area contributed by atoms with Crippen LogP contribution in [0, 0.1) is 0 Å². The van der Waals surface area contributed by atoms with Crippen LogP contribution in [-0.2, 0) is 4.74 Å². The summed E-state index contributed by atoms with van der Waals surface area (Å²) in [5.74, 6) is 0.412. The second-order valence-electron chi connectivity index (χ2n) is 4.10. The van der Waals surface area contributed by atoms with Gasteiger partial charge in [0.2, 0.25) is 0 Å². The summed E-state index contributed by atoms with van der Waals surface area (Å²) in [7, 11) is 0. The molecule has 1 aliphatic heterocycles. The molecule has 2 aliphatic rings. The smallest absolute Gasteiger partial charge is 0.410 e. The second-order valence-corrected chi connectivity index (χ2v) is 4.41. The van der Waals surface area contributed by atoms with Crippen molar-refractivity contribution < 1.29 is 9.53 Å². The molecule has 14 heavy (non-hydrogen) atoms. The van der Waals surface area contributed by atoms with Crippen molar-refractivity contribution in [3.05, 3.63) is 0 Å². The van der Waals surface area contributed by atoms with Crippen molar-refractivity contribution in [2.75, 3.05) is 12.4 Å². The second kappa shape index (κ2) is 4.39. The van der Waals surface area contributed by atoms with E-state index in [9.17, 15) is 4.79 Å². The zero-order valence-electron chi connectivity index (χ0n) is 8.25. The van der Waals surface area contributed by atoms with Crippen molar-refractivity contribution in [1.29, 1.82) is 0 Å². The number of nitrogens with zero attached hydrogens (tertiary/aromatic N) is 1. The molecule has 0 N–H and O–H groups in total. The van der Waals surface area contributed by atoms with E-state index in [0.717, 1.165) is 12.8 Å². The number of hydrogen-bond donors (Lipinski definition) is 0. The van der Waals surface area contributed by atoms with Gasteiger partial charge in [-0.2, -0.15) is 0 Å². The predicted molar refractivity (Wildman–Crippen MR) is 54.6 cm³/mol. The van der Waals surface area contributed by atoms with Gasteiger partial charge in [-0.25, -0.2) is 4.79 Å². The normalized spacial score (nSPS) is 29.4. The third-order valence-corrected chi connectivity index (χ3v) is 3.43. The highest BCUT2D eigenvalue weighted by molar-refractivity contribution is 6.18. The van der Waals surface area contributed by atoms with Gasteiger partial charge in [-0.15, -0.1) is 11.6 Å². The first-order valence-corrected chi connectivity index (χ1v) is 5.88. The van der Waals surface area contributed by atoms with Gasteiger partial charge in [0.15, 0.2) is 0 Å². The number of carbonyl (C=O) groups is 1. The van der Waals surface area contributed by atoms with E-state index in [1.807, 2.05) is 4.90 Å². The highest BCUT2D eigenvalue weighted by Gasteiger charge is 2.35. The molecule has 1 atom stereocenters. The van der Waals surface area contributed by atoms with Crippen LogP contribution in [0.15, 0.2) is 0 Å². The minimum absolute atomic E-state index is 0.0916. The molecule has 4 heteroatoms. The Morgan fingerprint density at radius 2 is 2.07 bits per heavy atom. The van der Waals surface area contributed by atoms with Crippen molar-refractivity contribution in [3.8, 4) is 0 Å². The van der Waals surface area contributed by atoms with Crippen LogP contribution in [0.3, 0.4) is 0 Å². The van der Waals surface area contributed by atoms with Gasteiger partial charge in [0.05, 0.1) is 12.4 Å². The maximum atomic E-state index is 11.5. The van der Waals surface area contributed by atoms with E-state index in [1.165, 1.54) is 19.3 Å². The van der Waals surface area contributed by atoms with E-state index in [2.05, 4.69) is 0 Å². The van der Waals surface area contributed by atoms with Gasteiger partial charge in [0, 0.05) is 6.04 Å². The lowest BCUT2D eigenvalue weighted by molar-refractivity contribution is 0.128. The Morgan fingerprint density at radius 1 is 1.36 bits per heavy atom. The van der Waals surface area contributed by atoms with E-state index >= 15 is 0 Å². The third kappa shape index (κ3) is 1.97. The van der Waals surface area contributed by atoms with Gasteiger partial charge in [-0.3, -0.25) is 0 Å². The van der Waals surface area contributed by atoms with Gasteiger partial charge in [-0.05, 0) is 12.8 Å². The van der Waals surface area contributed by atoms with E-state index in [-0.39, 0.29) is 12.2 Å². The minimum Gasteiger partial charge on any atom is -0.443 e. The zero-order chi connectivity index (χ0) is 9.97. The summed E-state index contributed by atoms with van der Waals surface area (Å²) in [5.41, 5.74) is 0. The van der Waals surface area contributed by atoms with Crippen LogP contribution in [-0.4, -0.2) is 35.6 Å². The first kappa shape index (κ1) is 10.1. The van der Waals surface area contributed by atoms with Crippen molar-refractivity contribution >= 4 is 17.7 Å². The molecular formula is C10H16ClNO2. The molecule has 0 spiro atoms. The number of amides is 1. The van der Waals surface area contributed by atoms with Crippen LogP contribution in [0.2, 0.25) is 0 Å². The largest absolute Gasteiger partial charge is 0.443 e. The maximum absolute atomic E-state index is 11.5. The monoisotopic (exact) mass is 217 g/mol. The van der Waals surface area contributed by atoms with Crippen LogP contribution in [0.25, 0.3) is 0 Å². The summed E-state index contributed by atoms with van der Waals surface area (Å²) < 4.78 is 5.13. The van der Waals surface area contributed by atoms with E-state index in [1.54, 1.807) is 0 Å². The summed E-state index contributed by atoms with van der Waals surface area (Å²) in [6, 6.07) is 0.407. The standard InChI is InChI=1S/C10H16ClNO2/c11-6-9-7-12(10(13)14-9)8-4-2-1-3-5-8/h8-9H,1-7H2/t9-/m1/s1. The van der Waals surface area contributed by atoms with E-state index in [4.69, 9.17) is 16.3 Å². The predicted octanol–water partition coefficient (Wildman–Crippen LogP) is 2.38. The van der Waals surface area contributed by atoms with Crippen LogP contribution in [0.4, 0.5) is 4.79 Å². The van der Waals surface area contributed by atoms with E-state index in [0.29, 0.717) is 18.5 Å². The number of halogens is 1. The Bertz CT molecular complexity index is 216. The average molecular weight is 218 g/mol. The molecule has 2 rings (SSSR count). The molecule has 1 aliphatic carbocycles.